The molecule has 0 aliphatic heterocycles. The van der Waals surface area contributed by atoms with Crippen LogP contribution in [0.1, 0.15) is 24.2 Å². The summed E-state index contributed by atoms with van der Waals surface area (Å²) in [5.74, 6) is -1.03. The minimum Gasteiger partial charge on any atom is -0.335 e. The molecule has 0 aromatic heterocycles. The molecule has 1 amide bonds. The van der Waals surface area contributed by atoms with Crippen LogP contribution in [-0.2, 0) is 0 Å². The molecule has 94 valence electrons. The molecule has 2 N–H and O–H groups in total. The van der Waals surface area contributed by atoms with E-state index in [4.69, 9.17) is 17.3 Å². The molecule has 0 aliphatic carbocycles. The number of amides is 1. The molecule has 0 bridgehead atoms. The predicted molar refractivity (Wildman–Crippen MR) is 66.6 cm³/mol. The molecule has 1 rings (SSSR count). The zero-order chi connectivity index (χ0) is 13.0. The molecule has 1 aromatic carbocycles. The normalized spacial score (nSPS) is 10.7. The van der Waals surface area contributed by atoms with Crippen molar-refractivity contribution in [3.8, 4) is 0 Å². The van der Waals surface area contributed by atoms with Gasteiger partial charge in [0.05, 0.1) is 10.6 Å². The molecule has 0 fully saturated rings. The maximum atomic E-state index is 13.6. The Labute approximate surface area is 105 Å². The first kappa shape index (κ1) is 13.9. The van der Waals surface area contributed by atoms with Gasteiger partial charge in [0.15, 0.2) is 0 Å². The third-order valence-electron chi connectivity index (χ3n) is 2.43. The van der Waals surface area contributed by atoms with Gasteiger partial charge in [-0.25, -0.2) is 4.39 Å². The number of nitrogens with two attached hydrogens (primary N) is 1. The second-order valence-electron chi connectivity index (χ2n) is 3.98. The van der Waals surface area contributed by atoms with Crippen molar-refractivity contribution >= 4 is 17.5 Å². The SMILES string of the molecule is CC(C)N(CCN)C(=O)c1c(F)cccc1Cl. The van der Waals surface area contributed by atoms with E-state index in [2.05, 4.69) is 0 Å². The van der Waals surface area contributed by atoms with Crippen molar-refractivity contribution < 1.29 is 9.18 Å². The Bertz CT molecular complexity index is 389. The van der Waals surface area contributed by atoms with Crippen LogP contribution in [0.2, 0.25) is 5.02 Å². The Morgan fingerprint density at radius 2 is 2.18 bits per heavy atom. The molecule has 0 radical (unpaired) electrons. The van der Waals surface area contributed by atoms with Crippen LogP contribution in [0.25, 0.3) is 0 Å². The van der Waals surface area contributed by atoms with Crippen molar-refractivity contribution in [1.29, 1.82) is 0 Å². The molecule has 1 aromatic rings. The highest BCUT2D eigenvalue weighted by atomic mass is 35.5. The van der Waals surface area contributed by atoms with Crippen molar-refractivity contribution in [2.45, 2.75) is 19.9 Å². The fourth-order valence-corrected chi connectivity index (χ4v) is 1.82. The molecule has 0 saturated carbocycles. The maximum Gasteiger partial charge on any atom is 0.258 e. The van der Waals surface area contributed by atoms with Crippen LogP contribution in [0.5, 0.6) is 0 Å². The maximum absolute atomic E-state index is 13.6. The molecule has 0 unspecified atom stereocenters. The zero-order valence-electron chi connectivity index (χ0n) is 9.91. The molecular formula is C12H16ClFN2O. The van der Waals surface area contributed by atoms with Gasteiger partial charge < -0.3 is 10.6 Å². The van der Waals surface area contributed by atoms with Crippen molar-refractivity contribution in [2.75, 3.05) is 13.1 Å². The van der Waals surface area contributed by atoms with Gasteiger partial charge in [0.1, 0.15) is 5.82 Å². The van der Waals surface area contributed by atoms with Crippen molar-refractivity contribution in [3.63, 3.8) is 0 Å². The molecule has 0 heterocycles. The summed E-state index contributed by atoms with van der Waals surface area (Å²) < 4.78 is 13.6. The van der Waals surface area contributed by atoms with Gasteiger partial charge in [-0.15, -0.1) is 0 Å². The number of hydrogen-bond donors (Lipinski definition) is 1. The van der Waals surface area contributed by atoms with E-state index in [1.165, 1.54) is 23.1 Å². The third-order valence-corrected chi connectivity index (χ3v) is 2.75. The Kier molecular flexibility index (Phi) is 4.90. The predicted octanol–water partition coefficient (Wildman–Crippen LogP) is 2.29. The van der Waals surface area contributed by atoms with Crippen molar-refractivity contribution in [2.24, 2.45) is 5.73 Å². The van der Waals surface area contributed by atoms with Crippen LogP contribution < -0.4 is 5.73 Å². The average molecular weight is 259 g/mol. The van der Waals surface area contributed by atoms with Crippen molar-refractivity contribution in [3.05, 3.63) is 34.6 Å². The largest absolute Gasteiger partial charge is 0.335 e. The monoisotopic (exact) mass is 258 g/mol. The first-order chi connectivity index (χ1) is 7.99. The number of rotatable bonds is 4. The van der Waals surface area contributed by atoms with Crippen LogP contribution in [0.15, 0.2) is 18.2 Å². The van der Waals surface area contributed by atoms with Crippen LogP contribution in [0.3, 0.4) is 0 Å². The molecule has 17 heavy (non-hydrogen) atoms. The second-order valence-corrected chi connectivity index (χ2v) is 4.38. The minimum atomic E-state index is -0.606. The van der Waals surface area contributed by atoms with Gasteiger partial charge in [0.2, 0.25) is 0 Å². The molecule has 0 aliphatic rings. The standard InChI is InChI=1S/C12H16ClFN2O/c1-8(2)16(7-6-15)12(17)11-9(13)4-3-5-10(11)14/h3-5,8H,6-7,15H2,1-2H3. The lowest BCUT2D eigenvalue weighted by atomic mass is 10.1. The number of hydrogen-bond acceptors (Lipinski definition) is 2. The van der Waals surface area contributed by atoms with E-state index < -0.39 is 11.7 Å². The summed E-state index contributed by atoms with van der Waals surface area (Å²) in [6.45, 7) is 4.40. The third kappa shape index (κ3) is 3.17. The molecule has 0 saturated heterocycles. The Balaban J connectivity index is 3.09. The van der Waals surface area contributed by atoms with Crippen LogP contribution in [0, 0.1) is 5.82 Å². The first-order valence-corrected chi connectivity index (χ1v) is 5.82. The first-order valence-electron chi connectivity index (χ1n) is 5.44. The lowest BCUT2D eigenvalue weighted by Gasteiger charge is -2.26. The highest BCUT2D eigenvalue weighted by Crippen LogP contribution is 2.21. The molecule has 0 atom stereocenters. The number of carbonyl (C=O) groups excluding carboxylic acids is 1. The molecule has 3 nitrogen and oxygen atoms in total. The van der Waals surface area contributed by atoms with Gasteiger partial charge in [-0.3, -0.25) is 4.79 Å². The zero-order valence-corrected chi connectivity index (χ0v) is 10.7. The van der Waals surface area contributed by atoms with Crippen LogP contribution in [-0.4, -0.2) is 29.9 Å². The van der Waals surface area contributed by atoms with Gasteiger partial charge in [0, 0.05) is 19.1 Å². The van der Waals surface area contributed by atoms with Crippen LogP contribution in [0.4, 0.5) is 4.39 Å². The van der Waals surface area contributed by atoms with E-state index >= 15 is 0 Å². The van der Waals surface area contributed by atoms with Crippen LogP contribution >= 0.6 is 11.6 Å². The number of nitrogens with zero attached hydrogens (tertiary/aromatic N) is 1. The van der Waals surface area contributed by atoms with Gasteiger partial charge in [-0.2, -0.15) is 0 Å². The minimum absolute atomic E-state index is 0.0540. The fraction of sp³-hybridized carbons (Fsp3) is 0.417. The number of benzene rings is 1. The summed E-state index contributed by atoms with van der Waals surface area (Å²) >= 11 is 5.85. The smallest absolute Gasteiger partial charge is 0.258 e. The lowest BCUT2D eigenvalue weighted by Crippen LogP contribution is -2.40. The summed E-state index contributed by atoms with van der Waals surface area (Å²) in [5.41, 5.74) is 5.35. The van der Waals surface area contributed by atoms with E-state index in [-0.39, 0.29) is 16.6 Å². The highest BCUT2D eigenvalue weighted by molar-refractivity contribution is 6.33. The Morgan fingerprint density at radius 1 is 1.53 bits per heavy atom. The van der Waals surface area contributed by atoms with Crippen molar-refractivity contribution in [1.82, 2.24) is 4.90 Å². The van der Waals surface area contributed by atoms with Gasteiger partial charge in [-0.1, -0.05) is 17.7 Å². The second kappa shape index (κ2) is 5.98. The molecular weight excluding hydrogens is 243 g/mol. The Hall–Kier alpha value is -1.13. The van der Waals surface area contributed by atoms with E-state index in [9.17, 15) is 9.18 Å². The summed E-state index contributed by atoms with van der Waals surface area (Å²) in [4.78, 5) is 13.7. The van der Waals surface area contributed by atoms with Gasteiger partial charge in [0.25, 0.3) is 5.91 Å². The highest BCUT2D eigenvalue weighted by Gasteiger charge is 2.23. The molecule has 5 heteroatoms. The van der Waals surface area contributed by atoms with Gasteiger partial charge in [-0.05, 0) is 26.0 Å². The quantitative estimate of drug-likeness (QED) is 0.901. The average Bonchev–Trinajstić information content (AvgIpc) is 2.24. The number of carbonyl (C=O) groups is 1. The summed E-state index contributed by atoms with van der Waals surface area (Å²) in [5, 5.41) is 0.123. The number of halogens is 2. The summed E-state index contributed by atoms with van der Waals surface area (Å²) in [6, 6.07) is 4.14. The fourth-order valence-electron chi connectivity index (χ4n) is 1.58. The van der Waals surface area contributed by atoms with E-state index in [0.717, 1.165) is 0 Å². The van der Waals surface area contributed by atoms with E-state index in [0.29, 0.717) is 13.1 Å². The Morgan fingerprint density at radius 3 is 2.65 bits per heavy atom. The topological polar surface area (TPSA) is 46.3 Å². The van der Waals surface area contributed by atoms with E-state index in [1.807, 2.05) is 13.8 Å². The summed E-state index contributed by atoms with van der Waals surface area (Å²) in [7, 11) is 0. The van der Waals surface area contributed by atoms with Gasteiger partial charge >= 0.3 is 0 Å². The van der Waals surface area contributed by atoms with E-state index in [1.54, 1.807) is 0 Å². The summed E-state index contributed by atoms with van der Waals surface area (Å²) in [6.07, 6.45) is 0. The molecule has 0 spiro atoms. The lowest BCUT2D eigenvalue weighted by molar-refractivity contribution is 0.0707.